The van der Waals surface area contributed by atoms with E-state index in [9.17, 15) is 54.0 Å². The molecule has 0 spiro atoms. The molecule has 1 fully saturated rings. The standard InChI is InChI=1S/C57H60BrN7O16/c1-3-17-64(32-37-27-41-43(29-42(37)58)60-33(2)61-53(41)72)38-10-8-36(9-11-38)45(66)12-6-34-5-4-18-63(30-34)31-35-7-13-46(80-57-51(71)49(69)50(70)52(81-57)56(75)76)44(26-35)62-48(68)14-16-59-47(67)15-20-77-22-24-79-25-23-78-21-19-65-54(73)39-28-40(39)55(65)74/h1,4-5,7-11,13,18,26-27,29-30,49-52,57,69-71H,6,12,14-17,19-25,28,31-32H2,2H3,(H3-,59,60,61,62,67,68,72,75,76)/p+1/t49-,50-,51+,52-,57+/m0/s1. The van der Waals surface area contributed by atoms with E-state index in [0.29, 0.717) is 58.4 Å². The summed E-state index contributed by atoms with van der Waals surface area (Å²) >= 11 is 3.62. The molecule has 4 amide bonds. The van der Waals surface area contributed by atoms with Crippen molar-refractivity contribution in [2.75, 3.05) is 69.5 Å². The lowest BCUT2D eigenvalue weighted by Crippen LogP contribution is -2.61. The number of Topliss-reactive ketones (excluding diaryl/α,β-unsaturated/α-hetero) is 1. The van der Waals surface area contributed by atoms with Crippen molar-refractivity contribution in [2.45, 2.75) is 82.8 Å². The lowest BCUT2D eigenvalue weighted by Gasteiger charge is -2.38. The SMILES string of the molecule is C#CCN(Cc1cc2c(=O)[nH]c(C)nc2cc1Br)c1ccc(C(=O)CCc2ccc[n+](Cc3ccc(O[C@@H]4O[C@H](C(=O)O)[C@@H](O)[C@H](O)[C@H]4O)c(NC(=O)CCNC(=O)CCOCCOCCOCCN4C(=O)C5=C(C5)C4=O)c3)c2)cc1. The normalized spacial score (nSPS) is 18.4. The summed E-state index contributed by atoms with van der Waals surface area (Å²) < 4.78 is 30.2. The van der Waals surface area contributed by atoms with Crippen molar-refractivity contribution in [1.82, 2.24) is 20.2 Å². The van der Waals surface area contributed by atoms with Gasteiger partial charge in [0, 0.05) is 82.8 Å². The number of likely N-dealkylation sites (tertiary alicyclic amines) is 1. The molecule has 4 heterocycles. The van der Waals surface area contributed by atoms with E-state index in [1.807, 2.05) is 46.1 Å². The highest BCUT2D eigenvalue weighted by Gasteiger charge is 2.49. The fourth-order valence-electron chi connectivity index (χ4n) is 9.08. The predicted octanol–water partition coefficient (Wildman–Crippen LogP) is 2.01. The van der Waals surface area contributed by atoms with Crippen LogP contribution in [0.25, 0.3) is 10.9 Å². The molecule has 8 rings (SSSR count). The molecule has 2 aromatic heterocycles. The molecule has 5 atom stereocenters. The van der Waals surface area contributed by atoms with Crippen LogP contribution in [0.5, 0.6) is 5.75 Å². The van der Waals surface area contributed by atoms with Gasteiger partial charge in [-0.25, -0.2) is 14.3 Å². The fraction of sp³-hybridized carbons (Fsp3) is 0.386. The van der Waals surface area contributed by atoms with Crippen LogP contribution >= 0.6 is 15.9 Å². The molecule has 426 valence electrons. The minimum absolute atomic E-state index is 0.00694. The Labute approximate surface area is 472 Å². The quantitative estimate of drug-likeness (QED) is 0.0118. The zero-order valence-electron chi connectivity index (χ0n) is 44.1. The van der Waals surface area contributed by atoms with Crippen molar-refractivity contribution < 1.29 is 77.4 Å². The number of aliphatic hydroxyl groups excluding tert-OH is 3. The average Bonchev–Trinajstić information content (AvgIpc) is 4.43. The zero-order valence-corrected chi connectivity index (χ0v) is 45.7. The largest absolute Gasteiger partial charge is 0.479 e. The number of aromatic nitrogens is 3. The number of halogens is 1. The number of fused-ring (bicyclic) bond motifs is 1. The molecule has 23 nitrogen and oxygen atoms in total. The molecule has 5 aromatic rings. The van der Waals surface area contributed by atoms with E-state index in [1.165, 1.54) is 11.0 Å². The van der Waals surface area contributed by atoms with E-state index in [1.54, 1.807) is 43.3 Å². The molecule has 0 saturated carbocycles. The Morgan fingerprint density at radius 2 is 1.59 bits per heavy atom. The first kappa shape index (κ1) is 59.4. The van der Waals surface area contributed by atoms with E-state index in [0.717, 1.165) is 21.3 Å². The summed E-state index contributed by atoms with van der Waals surface area (Å²) in [5, 5.41) is 46.8. The number of pyridine rings is 1. The van der Waals surface area contributed by atoms with Gasteiger partial charge in [-0.15, -0.1) is 6.42 Å². The molecule has 1 saturated heterocycles. The number of anilines is 2. The highest BCUT2D eigenvalue weighted by atomic mass is 79.9. The molecular formula is C57H61BrN7O16+. The van der Waals surface area contributed by atoms with Gasteiger partial charge in [0.15, 0.2) is 30.8 Å². The molecule has 0 unspecified atom stereocenters. The van der Waals surface area contributed by atoms with Crippen LogP contribution < -0.4 is 30.4 Å². The second kappa shape index (κ2) is 27.6. The highest BCUT2D eigenvalue weighted by Crippen LogP contribution is 2.40. The Bertz CT molecular complexity index is 3280. The minimum Gasteiger partial charge on any atom is -0.479 e. The number of carbonyl (C=O) groups is 6. The number of benzene rings is 3. The number of piperidine rings is 1. The number of H-pyrrole nitrogens is 1. The third kappa shape index (κ3) is 15.6. The van der Waals surface area contributed by atoms with Crippen molar-refractivity contribution in [2.24, 2.45) is 0 Å². The minimum atomic E-state index is -1.96. The summed E-state index contributed by atoms with van der Waals surface area (Å²) in [6, 6.07) is 19.2. The van der Waals surface area contributed by atoms with Gasteiger partial charge in [0.05, 0.1) is 69.3 Å². The van der Waals surface area contributed by atoms with Crippen LogP contribution in [0.2, 0.25) is 0 Å². The van der Waals surface area contributed by atoms with Gasteiger partial charge in [0.2, 0.25) is 18.1 Å². The number of amides is 4. The number of aliphatic carboxylic acids is 1. The van der Waals surface area contributed by atoms with Crippen LogP contribution in [0.4, 0.5) is 11.4 Å². The number of hydrogen-bond donors (Lipinski definition) is 7. The fourth-order valence-corrected chi connectivity index (χ4v) is 9.54. The van der Waals surface area contributed by atoms with Crippen LogP contribution in [0.3, 0.4) is 0 Å². The van der Waals surface area contributed by atoms with Crippen molar-refractivity contribution in [3.05, 3.63) is 133 Å². The maximum atomic E-state index is 13.5. The number of aliphatic hydroxyl groups is 3. The molecular weight excluding hydrogens is 1120 g/mol. The molecule has 0 radical (unpaired) electrons. The van der Waals surface area contributed by atoms with E-state index in [2.05, 4.69) is 42.5 Å². The van der Waals surface area contributed by atoms with Gasteiger partial charge in [-0.2, -0.15) is 0 Å². The highest BCUT2D eigenvalue weighted by molar-refractivity contribution is 9.10. The molecule has 81 heavy (non-hydrogen) atoms. The number of carboxylic acids is 1. The Hall–Kier alpha value is -7.73. The van der Waals surface area contributed by atoms with Crippen LogP contribution in [-0.2, 0) is 62.4 Å². The van der Waals surface area contributed by atoms with Crippen LogP contribution in [0, 0.1) is 19.3 Å². The summed E-state index contributed by atoms with van der Waals surface area (Å²) in [6.45, 7) is 4.04. The maximum absolute atomic E-state index is 13.5. The van der Waals surface area contributed by atoms with Crippen LogP contribution in [0.1, 0.15) is 58.6 Å². The monoisotopic (exact) mass is 1180 g/mol. The van der Waals surface area contributed by atoms with Gasteiger partial charge in [-0.3, -0.25) is 33.7 Å². The maximum Gasteiger partial charge on any atom is 0.335 e. The topological polar surface area (TPSA) is 310 Å². The summed E-state index contributed by atoms with van der Waals surface area (Å²) in [5.74, 6) is 0.0522. The van der Waals surface area contributed by atoms with Crippen LogP contribution in [-0.4, -0.2) is 161 Å². The molecule has 3 aromatic carbocycles. The number of terminal acetylenes is 1. The molecule has 24 heteroatoms. The van der Waals surface area contributed by atoms with E-state index < -0.39 is 42.6 Å². The number of carboxylic acid groups (broad SMARTS) is 1. The summed E-state index contributed by atoms with van der Waals surface area (Å²) in [4.78, 5) is 98.1. The van der Waals surface area contributed by atoms with Gasteiger partial charge in [-0.1, -0.05) is 21.9 Å². The first-order valence-corrected chi connectivity index (χ1v) is 26.9. The number of aryl methyl sites for hydroxylation is 2. The number of ether oxygens (including phenoxy) is 5. The first-order valence-electron chi connectivity index (χ1n) is 26.1. The number of hydrogen-bond acceptors (Lipinski definition) is 17. The predicted molar refractivity (Wildman–Crippen MR) is 293 cm³/mol. The van der Waals surface area contributed by atoms with Gasteiger partial charge < -0.3 is 64.6 Å². The van der Waals surface area contributed by atoms with Gasteiger partial charge in [0.1, 0.15) is 29.9 Å². The third-order valence-corrected chi connectivity index (χ3v) is 14.2. The molecule has 0 bridgehead atoms. The average molecular weight is 1180 g/mol. The summed E-state index contributed by atoms with van der Waals surface area (Å²) in [6.07, 6.45) is 0.898. The van der Waals surface area contributed by atoms with Crippen molar-refractivity contribution >= 4 is 73.6 Å². The van der Waals surface area contributed by atoms with Crippen LogP contribution in [0.15, 0.2) is 99.5 Å². The number of carbonyl (C=O) groups excluding carboxylic acids is 5. The van der Waals surface area contributed by atoms with Gasteiger partial charge in [0.25, 0.3) is 17.4 Å². The second-order valence-electron chi connectivity index (χ2n) is 19.3. The Balaban J connectivity index is 0.813. The lowest BCUT2D eigenvalue weighted by molar-refractivity contribution is -0.688. The lowest BCUT2D eigenvalue weighted by atomic mass is 9.99. The third-order valence-electron chi connectivity index (χ3n) is 13.4. The van der Waals surface area contributed by atoms with Crippen molar-refractivity contribution in [3.63, 3.8) is 0 Å². The summed E-state index contributed by atoms with van der Waals surface area (Å²) in [5.41, 5.74) is 5.25. The molecule has 7 N–H and O–H groups in total. The molecule has 1 aliphatic carbocycles. The zero-order chi connectivity index (χ0) is 57.7. The number of ketones is 1. The molecule has 3 aliphatic rings. The van der Waals surface area contributed by atoms with Crippen molar-refractivity contribution in [1.29, 1.82) is 0 Å². The molecule has 2 aliphatic heterocycles. The Kier molecular flexibility index (Phi) is 20.3. The number of nitrogens with zero attached hydrogens (tertiary/aromatic N) is 4. The Morgan fingerprint density at radius 1 is 0.877 bits per heavy atom. The number of imide groups is 1. The van der Waals surface area contributed by atoms with Gasteiger partial charge in [-0.05, 0) is 79.6 Å². The van der Waals surface area contributed by atoms with Gasteiger partial charge >= 0.3 is 5.97 Å². The Morgan fingerprint density at radius 3 is 2.31 bits per heavy atom. The number of aromatic amines is 1. The van der Waals surface area contributed by atoms with E-state index in [-0.39, 0.29) is 126 Å². The number of rotatable bonds is 29. The van der Waals surface area contributed by atoms with Crippen molar-refractivity contribution in [3.8, 4) is 18.1 Å². The van der Waals surface area contributed by atoms with E-state index >= 15 is 0 Å². The smallest absolute Gasteiger partial charge is 0.335 e. The summed E-state index contributed by atoms with van der Waals surface area (Å²) in [7, 11) is 0. The number of nitrogens with one attached hydrogen (secondary N) is 3. The second-order valence-corrected chi connectivity index (χ2v) is 20.2. The first-order chi connectivity index (χ1) is 39.0. The van der Waals surface area contributed by atoms with E-state index in [4.69, 9.17) is 30.1 Å².